The van der Waals surface area contributed by atoms with E-state index in [2.05, 4.69) is 4.57 Å². The van der Waals surface area contributed by atoms with Crippen LogP contribution in [0.4, 0.5) is 0 Å². The standard InChI is InChI=1S/C27H27NO8/c1-33-24(29)18-10-16-17-11-19(25(30)34-2)21(27(32)36-4)13-23(17)28(14-15-8-6-5-7-9-15)22(16)12-20(18)26(31)35-3/h5-9H,10-14H2,1-4H3. The summed E-state index contributed by atoms with van der Waals surface area (Å²) in [6.07, 6.45) is 0.567. The zero-order valence-corrected chi connectivity index (χ0v) is 20.6. The van der Waals surface area contributed by atoms with Gasteiger partial charge in [0.1, 0.15) is 0 Å². The fourth-order valence-corrected chi connectivity index (χ4v) is 5.01. The molecule has 0 saturated heterocycles. The van der Waals surface area contributed by atoms with Crippen LogP contribution in [0.5, 0.6) is 0 Å². The van der Waals surface area contributed by atoms with Gasteiger partial charge < -0.3 is 23.5 Å². The third-order valence-electron chi connectivity index (χ3n) is 6.75. The molecule has 0 bridgehead atoms. The minimum absolute atomic E-state index is 0.137. The van der Waals surface area contributed by atoms with E-state index in [9.17, 15) is 19.2 Å². The Morgan fingerprint density at radius 1 is 0.611 bits per heavy atom. The molecule has 1 aromatic carbocycles. The molecule has 0 aliphatic heterocycles. The van der Waals surface area contributed by atoms with Crippen molar-refractivity contribution in [1.82, 2.24) is 4.57 Å². The summed E-state index contributed by atoms with van der Waals surface area (Å²) < 4.78 is 21.9. The van der Waals surface area contributed by atoms with Crippen LogP contribution in [0, 0.1) is 0 Å². The number of carbonyl (C=O) groups is 4. The molecule has 0 N–H and O–H groups in total. The van der Waals surface area contributed by atoms with E-state index in [0.717, 1.165) is 28.1 Å². The summed E-state index contributed by atoms with van der Waals surface area (Å²) in [6.45, 7) is 0.475. The summed E-state index contributed by atoms with van der Waals surface area (Å²) in [5, 5.41) is 0. The summed E-state index contributed by atoms with van der Waals surface area (Å²) in [4.78, 5) is 50.6. The number of esters is 4. The summed E-state index contributed by atoms with van der Waals surface area (Å²) in [6, 6.07) is 9.76. The van der Waals surface area contributed by atoms with Crippen LogP contribution in [0.25, 0.3) is 0 Å². The van der Waals surface area contributed by atoms with E-state index in [1.165, 1.54) is 28.4 Å². The first-order valence-electron chi connectivity index (χ1n) is 11.4. The lowest BCUT2D eigenvalue weighted by molar-refractivity contribution is -0.139. The molecule has 2 aromatic rings. The molecule has 9 heteroatoms. The maximum atomic E-state index is 12.7. The van der Waals surface area contributed by atoms with Crippen molar-refractivity contribution < 1.29 is 38.1 Å². The molecule has 1 aromatic heterocycles. The minimum atomic E-state index is -0.611. The van der Waals surface area contributed by atoms with Gasteiger partial charge in [0.15, 0.2) is 0 Å². The zero-order chi connectivity index (χ0) is 26.0. The number of methoxy groups -OCH3 is 4. The number of ether oxygens (including phenoxy) is 4. The third-order valence-corrected chi connectivity index (χ3v) is 6.75. The number of carbonyl (C=O) groups excluding carboxylic acids is 4. The van der Waals surface area contributed by atoms with Crippen molar-refractivity contribution in [3.05, 3.63) is 80.7 Å². The molecule has 36 heavy (non-hydrogen) atoms. The van der Waals surface area contributed by atoms with Gasteiger partial charge in [-0.2, -0.15) is 0 Å². The van der Waals surface area contributed by atoms with E-state index in [1.807, 2.05) is 30.3 Å². The molecule has 1 heterocycles. The molecule has 0 saturated carbocycles. The Morgan fingerprint density at radius 2 is 0.972 bits per heavy atom. The quantitative estimate of drug-likeness (QED) is 0.444. The number of benzene rings is 1. The first-order valence-corrected chi connectivity index (χ1v) is 11.4. The van der Waals surface area contributed by atoms with Crippen molar-refractivity contribution in [2.24, 2.45) is 0 Å². The maximum absolute atomic E-state index is 12.7. The van der Waals surface area contributed by atoms with Crippen molar-refractivity contribution >= 4 is 23.9 Å². The second-order valence-electron chi connectivity index (χ2n) is 8.51. The SMILES string of the molecule is COC(=O)C1=C(C(=O)OC)Cc2c(c3c(n2Cc2ccccc2)CC(C(=O)OC)=C(C(=O)OC)C3)C1. The van der Waals surface area contributed by atoms with Gasteiger partial charge in [-0.1, -0.05) is 30.3 Å². The van der Waals surface area contributed by atoms with Crippen LogP contribution in [0.15, 0.2) is 52.6 Å². The average molecular weight is 494 g/mol. The maximum Gasteiger partial charge on any atom is 0.334 e. The summed E-state index contributed by atoms with van der Waals surface area (Å²) in [5.74, 6) is -2.42. The molecule has 0 fully saturated rings. The normalized spacial score (nSPS) is 14.6. The molecule has 188 valence electrons. The van der Waals surface area contributed by atoms with Crippen molar-refractivity contribution in [3.63, 3.8) is 0 Å². The lowest BCUT2D eigenvalue weighted by atomic mass is 9.83. The van der Waals surface area contributed by atoms with Gasteiger partial charge >= 0.3 is 23.9 Å². The Balaban J connectivity index is 1.92. The van der Waals surface area contributed by atoms with Crippen LogP contribution in [0.3, 0.4) is 0 Å². The van der Waals surface area contributed by atoms with E-state index >= 15 is 0 Å². The third kappa shape index (κ3) is 4.32. The number of hydrogen-bond donors (Lipinski definition) is 0. The lowest BCUT2D eigenvalue weighted by Gasteiger charge is -2.21. The van der Waals surface area contributed by atoms with E-state index in [0.29, 0.717) is 6.54 Å². The number of rotatable bonds is 6. The fourth-order valence-electron chi connectivity index (χ4n) is 5.01. The van der Waals surface area contributed by atoms with Gasteiger partial charge in [-0.25, -0.2) is 19.2 Å². The van der Waals surface area contributed by atoms with Crippen LogP contribution in [0.2, 0.25) is 0 Å². The molecule has 9 nitrogen and oxygen atoms in total. The smallest absolute Gasteiger partial charge is 0.334 e. The second-order valence-corrected chi connectivity index (χ2v) is 8.51. The molecule has 0 unspecified atom stereocenters. The van der Waals surface area contributed by atoms with Crippen molar-refractivity contribution in [3.8, 4) is 0 Å². The first-order chi connectivity index (χ1) is 17.3. The minimum Gasteiger partial charge on any atom is -0.466 e. The van der Waals surface area contributed by atoms with Gasteiger partial charge in [0.25, 0.3) is 0 Å². The summed E-state index contributed by atoms with van der Waals surface area (Å²) >= 11 is 0. The van der Waals surface area contributed by atoms with Crippen LogP contribution in [0.1, 0.15) is 28.1 Å². The Bertz CT molecular complexity index is 1230. The molecule has 0 spiro atoms. The predicted molar refractivity (Wildman–Crippen MR) is 127 cm³/mol. The molecule has 2 aliphatic rings. The van der Waals surface area contributed by atoms with Gasteiger partial charge in [0, 0.05) is 43.6 Å². The first kappa shape index (κ1) is 25.0. The number of aromatic nitrogens is 1. The highest BCUT2D eigenvalue weighted by molar-refractivity contribution is 6.03. The molecule has 4 rings (SSSR count). The van der Waals surface area contributed by atoms with Crippen molar-refractivity contribution in [2.45, 2.75) is 32.2 Å². The highest BCUT2D eigenvalue weighted by atomic mass is 16.5. The number of hydrogen-bond acceptors (Lipinski definition) is 8. The van der Waals surface area contributed by atoms with Crippen molar-refractivity contribution in [1.29, 1.82) is 0 Å². The van der Waals surface area contributed by atoms with E-state index < -0.39 is 23.9 Å². The monoisotopic (exact) mass is 493 g/mol. The Morgan fingerprint density at radius 3 is 1.33 bits per heavy atom. The Kier molecular flexibility index (Phi) is 7.10. The van der Waals surface area contributed by atoms with Crippen LogP contribution in [-0.2, 0) is 70.4 Å². The van der Waals surface area contributed by atoms with E-state index in [-0.39, 0.29) is 48.0 Å². The van der Waals surface area contributed by atoms with Crippen LogP contribution in [-0.4, -0.2) is 56.9 Å². The molecule has 0 radical (unpaired) electrons. The van der Waals surface area contributed by atoms with Gasteiger partial charge in [0.2, 0.25) is 0 Å². The highest BCUT2D eigenvalue weighted by Crippen LogP contribution is 2.39. The zero-order valence-electron chi connectivity index (χ0n) is 20.6. The van der Waals surface area contributed by atoms with Crippen molar-refractivity contribution in [2.75, 3.05) is 28.4 Å². The average Bonchev–Trinajstić information content (AvgIpc) is 3.21. The molecular formula is C27H27NO8. The molecule has 2 aliphatic carbocycles. The largest absolute Gasteiger partial charge is 0.466 e. The van der Waals surface area contributed by atoms with Gasteiger partial charge in [0.05, 0.1) is 50.7 Å². The number of nitrogens with zero attached hydrogens (tertiary/aromatic N) is 1. The topological polar surface area (TPSA) is 110 Å². The van der Waals surface area contributed by atoms with Gasteiger partial charge in [-0.3, -0.25) is 0 Å². The van der Waals surface area contributed by atoms with E-state index in [4.69, 9.17) is 18.9 Å². The molecular weight excluding hydrogens is 466 g/mol. The Labute approximate surface area is 208 Å². The van der Waals surface area contributed by atoms with Crippen LogP contribution < -0.4 is 0 Å². The van der Waals surface area contributed by atoms with Gasteiger partial charge in [-0.15, -0.1) is 0 Å². The summed E-state index contributed by atoms with van der Waals surface area (Å²) in [7, 11) is 5.05. The molecule has 0 atom stereocenters. The number of fused-ring (bicyclic) bond motifs is 3. The Hall–Kier alpha value is -4.14. The molecule has 0 amide bonds. The fraction of sp³-hybridized carbons (Fsp3) is 0.333. The van der Waals surface area contributed by atoms with Gasteiger partial charge in [-0.05, 0) is 16.7 Å². The highest BCUT2D eigenvalue weighted by Gasteiger charge is 2.38. The lowest BCUT2D eigenvalue weighted by Crippen LogP contribution is -2.24. The second kappa shape index (κ2) is 10.2. The summed E-state index contributed by atoms with van der Waals surface area (Å²) in [5.41, 5.74) is 5.24. The van der Waals surface area contributed by atoms with E-state index in [1.54, 1.807) is 0 Å². The van der Waals surface area contributed by atoms with Crippen LogP contribution >= 0.6 is 0 Å². The predicted octanol–water partition coefficient (Wildman–Crippen LogP) is 2.02.